The third kappa shape index (κ3) is 6.82. The van der Waals surface area contributed by atoms with Crippen LogP contribution >= 0.6 is 0 Å². The molecule has 0 aliphatic heterocycles. The maximum absolute atomic E-state index is 13.5. The van der Waals surface area contributed by atoms with Crippen molar-refractivity contribution >= 4 is 11.8 Å². The number of carbonyl (C=O) groups excluding carboxylic acids is 2. The van der Waals surface area contributed by atoms with E-state index in [0.717, 1.165) is 11.1 Å². The van der Waals surface area contributed by atoms with Gasteiger partial charge in [0.15, 0.2) is 11.5 Å². The smallest absolute Gasteiger partial charge is 0.247 e. The van der Waals surface area contributed by atoms with Crippen molar-refractivity contribution in [3.8, 4) is 11.5 Å². The molecule has 3 aromatic rings. The first-order chi connectivity index (χ1) is 17.0. The molecule has 3 aromatic carbocycles. The van der Waals surface area contributed by atoms with Gasteiger partial charge in [-0.2, -0.15) is 0 Å². The summed E-state index contributed by atoms with van der Waals surface area (Å²) in [6.45, 7) is 2.33. The van der Waals surface area contributed by atoms with Gasteiger partial charge in [-0.3, -0.25) is 9.59 Å². The summed E-state index contributed by atoms with van der Waals surface area (Å²) in [5, 5.41) is 2.99. The zero-order valence-corrected chi connectivity index (χ0v) is 20.3. The van der Waals surface area contributed by atoms with Crippen LogP contribution in [0.5, 0.6) is 11.5 Å². The molecule has 1 N–H and O–H groups in total. The maximum atomic E-state index is 13.5. The van der Waals surface area contributed by atoms with E-state index in [0.29, 0.717) is 30.0 Å². The Bertz CT molecular complexity index is 1120. The molecule has 3 rings (SSSR count). The average molecular weight is 479 g/mol. The van der Waals surface area contributed by atoms with Gasteiger partial charge in [-0.15, -0.1) is 0 Å². The average Bonchev–Trinajstić information content (AvgIpc) is 2.89. The summed E-state index contributed by atoms with van der Waals surface area (Å²) in [7, 11) is 3.16. The quantitative estimate of drug-likeness (QED) is 0.435. The molecular weight excluding hydrogens is 447 g/mol. The first-order valence-corrected chi connectivity index (χ1v) is 11.5. The van der Waals surface area contributed by atoms with Gasteiger partial charge in [-0.05, 0) is 47.4 Å². The van der Waals surface area contributed by atoms with Gasteiger partial charge in [-0.25, -0.2) is 4.39 Å². The van der Waals surface area contributed by atoms with Gasteiger partial charge >= 0.3 is 0 Å². The summed E-state index contributed by atoms with van der Waals surface area (Å²) in [5.41, 5.74) is 2.43. The van der Waals surface area contributed by atoms with E-state index in [9.17, 15) is 14.0 Å². The molecule has 0 unspecified atom stereocenters. The lowest BCUT2D eigenvalue weighted by Gasteiger charge is -2.31. The van der Waals surface area contributed by atoms with E-state index in [1.807, 2.05) is 48.5 Å². The zero-order valence-electron chi connectivity index (χ0n) is 20.3. The molecule has 35 heavy (non-hydrogen) atoms. The van der Waals surface area contributed by atoms with Crippen LogP contribution in [-0.4, -0.2) is 37.5 Å². The summed E-state index contributed by atoms with van der Waals surface area (Å²) in [6, 6.07) is 20.0. The van der Waals surface area contributed by atoms with E-state index in [-0.39, 0.29) is 30.6 Å². The first kappa shape index (κ1) is 25.7. The molecule has 0 radical (unpaired) electrons. The summed E-state index contributed by atoms with van der Waals surface area (Å²) in [6.07, 6.45) is 0.816. The number of ether oxygens (including phenoxy) is 2. The van der Waals surface area contributed by atoms with Crippen molar-refractivity contribution in [2.45, 2.75) is 32.4 Å². The minimum Gasteiger partial charge on any atom is -0.493 e. The number of amides is 2. The Kier molecular flexibility index (Phi) is 9.23. The predicted octanol–water partition coefficient (Wildman–Crippen LogP) is 4.68. The Morgan fingerprint density at radius 1 is 0.914 bits per heavy atom. The molecule has 0 aliphatic rings. The van der Waals surface area contributed by atoms with Crippen molar-refractivity contribution in [3.63, 3.8) is 0 Å². The third-order valence-corrected chi connectivity index (χ3v) is 5.73. The van der Waals surface area contributed by atoms with E-state index >= 15 is 0 Å². The minimum atomic E-state index is -0.820. The Hall–Kier alpha value is -3.87. The molecule has 184 valence electrons. The fraction of sp³-hybridized carbons (Fsp3) is 0.286. The second kappa shape index (κ2) is 12.6. The van der Waals surface area contributed by atoms with E-state index in [2.05, 4.69) is 5.32 Å². The number of hydrogen-bond donors (Lipinski definition) is 1. The molecule has 2 amide bonds. The van der Waals surface area contributed by atoms with E-state index < -0.39 is 6.04 Å². The number of hydrogen-bond acceptors (Lipinski definition) is 4. The molecule has 6 nitrogen and oxygen atoms in total. The first-order valence-electron chi connectivity index (χ1n) is 11.5. The van der Waals surface area contributed by atoms with Gasteiger partial charge < -0.3 is 19.7 Å². The highest BCUT2D eigenvalue weighted by molar-refractivity contribution is 5.88. The van der Waals surface area contributed by atoms with Crippen LogP contribution in [-0.2, 0) is 22.6 Å². The van der Waals surface area contributed by atoms with Crippen LogP contribution in [0.25, 0.3) is 0 Å². The molecule has 0 bridgehead atoms. The fourth-order valence-electron chi connectivity index (χ4n) is 3.88. The summed E-state index contributed by atoms with van der Waals surface area (Å²) in [5.74, 6) is 0.463. The lowest BCUT2D eigenvalue weighted by Crippen LogP contribution is -2.43. The minimum absolute atomic E-state index is 0.168. The van der Waals surface area contributed by atoms with Crippen LogP contribution in [0.2, 0.25) is 0 Å². The van der Waals surface area contributed by atoms with Gasteiger partial charge in [0.25, 0.3) is 0 Å². The van der Waals surface area contributed by atoms with Crippen molar-refractivity contribution < 1.29 is 23.5 Å². The molecule has 0 aromatic heterocycles. The van der Waals surface area contributed by atoms with E-state index in [4.69, 9.17) is 9.47 Å². The van der Waals surface area contributed by atoms with Crippen LogP contribution in [0.1, 0.15) is 36.1 Å². The molecule has 0 fully saturated rings. The second-order valence-electron chi connectivity index (χ2n) is 8.05. The Labute approximate surface area is 205 Å². The van der Waals surface area contributed by atoms with E-state index in [1.165, 1.54) is 12.1 Å². The normalized spacial score (nSPS) is 11.4. The van der Waals surface area contributed by atoms with Crippen molar-refractivity contribution in [1.82, 2.24) is 10.2 Å². The van der Waals surface area contributed by atoms with Crippen molar-refractivity contribution in [2.75, 3.05) is 20.8 Å². The van der Waals surface area contributed by atoms with Crippen LogP contribution in [0, 0.1) is 5.82 Å². The van der Waals surface area contributed by atoms with Gasteiger partial charge in [0.05, 0.1) is 14.2 Å². The molecule has 0 aliphatic carbocycles. The SMILES string of the molecule is CCC(=O)N(Cc1ccc(F)cc1)[C@H](C(=O)NCCc1ccc(OC)c(OC)c1)c1ccccc1. The summed E-state index contributed by atoms with van der Waals surface area (Å²) < 4.78 is 24.0. The lowest BCUT2D eigenvalue weighted by molar-refractivity contribution is -0.141. The fourth-order valence-corrected chi connectivity index (χ4v) is 3.88. The van der Waals surface area contributed by atoms with Gasteiger partial charge in [0, 0.05) is 19.5 Å². The predicted molar refractivity (Wildman–Crippen MR) is 133 cm³/mol. The Balaban J connectivity index is 1.80. The van der Waals surface area contributed by atoms with Gasteiger partial charge in [0.2, 0.25) is 11.8 Å². The number of nitrogens with one attached hydrogen (secondary N) is 1. The summed E-state index contributed by atoms with van der Waals surface area (Å²) >= 11 is 0. The molecule has 1 atom stereocenters. The highest BCUT2D eigenvalue weighted by Crippen LogP contribution is 2.28. The standard InChI is InChI=1S/C28H31FN2O4/c1-4-26(32)31(19-21-10-13-23(29)14-11-21)27(22-8-6-5-7-9-22)28(33)30-17-16-20-12-15-24(34-2)25(18-20)35-3/h5-15,18,27H,4,16-17,19H2,1-3H3,(H,30,33)/t27-/m0/s1. The van der Waals surface area contributed by atoms with Gasteiger partial charge in [0.1, 0.15) is 11.9 Å². The Morgan fingerprint density at radius 3 is 2.20 bits per heavy atom. The molecule has 0 heterocycles. The van der Waals surface area contributed by atoms with E-state index in [1.54, 1.807) is 38.2 Å². The topological polar surface area (TPSA) is 67.9 Å². The molecule has 7 heteroatoms. The maximum Gasteiger partial charge on any atom is 0.247 e. The highest BCUT2D eigenvalue weighted by Gasteiger charge is 2.30. The lowest BCUT2D eigenvalue weighted by atomic mass is 10.0. The Morgan fingerprint density at radius 2 is 1.57 bits per heavy atom. The number of carbonyl (C=O) groups is 2. The number of halogens is 1. The monoisotopic (exact) mass is 478 g/mol. The zero-order chi connectivity index (χ0) is 25.2. The number of benzene rings is 3. The second-order valence-corrected chi connectivity index (χ2v) is 8.05. The van der Waals surface area contributed by atoms with Crippen molar-refractivity contribution in [1.29, 1.82) is 0 Å². The van der Waals surface area contributed by atoms with Gasteiger partial charge in [-0.1, -0.05) is 55.5 Å². The summed E-state index contributed by atoms with van der Waals surface area (Å²) in [4.78, 5) is 28.0. The highest BCUT2D eigenvalue weighted by atomic mass is 19.1. The van der Waals surface area contributed by atoms with Crippen LogP contribution in [0.4, 0.5) is 4.39 Å². The van der Waals surface area contributed by atoms with Crippen LogP contribution in [0.15, 0.2) is 72.8 Å². The molecule has 0 spiro atoms. The number of methoxy groups -OCH3 is 2. The van der Waals surface area contributed by atoms with Crippen LogP contribution < -0.4 is 14.8 Å². The number of nitrogens with zero attached hydrogens (tertiary/aromatic N) is 1. The van der Waals surface area contributed by atoms with Crippen LogP contribution in [0.3, 0.4) is 0 Å². The number of rotatable bonds is 11. The molecule has 0 saturated heterocycles. The largest absolute Gasteiger partial charge is 0.493 e. The third-order valence-electron chi connectivity index (χ3n) is 5.73. The van der Waals surface area contributed by atoms with Crippen molar-refractivity contribution in [2.24, 2.45) is 0 Å². The van der Waals surface area contributed by atoms with Crippen molar-refractivity contribution in [3.05, 3.63) is 95.3 Å². The molecular formula is C28H31FN2O4. The molecule has 0 saturated carbocycles.